The lowest BCUT2D eigenvalue weighted by Crippen LogP contribution is -2.29. The minimum Gasteiger partial charge on any atom is -0.387 e. The monoisotopic (exact) mass is 272 g/mol. The smallest absolute Gasteiger partial charge is 0.0931 e. The van der Waals surface area contributed by atoms with E-state index in [1.54, 1.807) is 18.2 Å². The van der Waals surface area contributed by atoms with Gasteiger partial charge in [0.05, 0.1) is 18.7 Å². The minimum absolute atomic E-state index is 0.290. The van der Waals surface area contributed by atoms with Crippen molar-refractivity contribution in [1.29, 1.82) is 5.26 Å². The standard InChI is InChI=1S/C12H14Cl2N2O/c1-2-16(6-5-15)8-12(17)10-4-3-9(13)7-11(10)14/h3-4,7,12,17H,2,6,8H2,1H3. The number of benzene rings is 1. The topological polar surface area (TPSA) is 47.3 Å². The summed E-state index contributed by atoms with van der Waals surface area (Å²) in [5.74, 6) is 0. The summed E-state index contributed by atoms with van der Waals surface area (Å²) < 4.78 is 0. The maximum atomic E-state index is 10.0. The highest BCUT2D eigenvalue weighted by Gasteiger charge is 2.15. The molecule has 1 atom stereocenters. The van der Waals surface area contributed by atoms with Crippen LogP contribution in [0, 0.1) is 11.3 Å². The van der Waals surface area contributed by atoms with Gasteiger partial charge in [-0.05, 0) is 18.7 Å². The van der Waals surface area contributed by atoms with Crippen molar-refractivity contribution in [3.63, 3.8) is 0 Å². The number of hydrogen-bond donors (Lipinski definition) is 1. The Morgan fingerprint density at radius 1 is 1.47 bits per heavy atom. The van der Waals surface area contributed by atoms with Crippen molar-refractivity contribution in [2.45, 2.75) is 13.0 Å². The van der Waals surface area contributed by atoms with Gasteiger partial charge in [-0.1, -0.05) is 36.2 Å². The fourth-order valence-corrected chi connectivity index (χ4v) is 2.05. The average molecular weight is 273 g/mol. The summed E-state index contributed by atoms with van der Waals surface area (Å²) >= 11 is 11.8. The number of aliphatic hydroxyl groups is 1. The quantitative estimate of drug-likeness (QED) is 0.839. The Morgan fingerprint density at radius 2 is 2.18 bits per heavy atom. The van der Waals surface area contributed by atoms with Gasteiger partial charge in [-0.3, -0.25) is 4.90 Å². The second-order valence-corrected chi connectivity index (χ2v) is 4.51. The van der Waals surface area contributed by atoms with Crippen LogP contribution in [-0.2, 0) is 0 Å². The Kier molecular flexibility index (Phi) is 5.73. The van der Waals surface area contributed by atoms with Gasteiger partial charge in [0, 0.05) is 22.2 Å². The maximum Gasteiger partial charge on any atom is 0.0931 e. The molecule has 0 aromatic heterocycles. The fourth-order valence-electron chi connectivity index (χ4n) is 1.52. The van der Waals surface area contributed by atoms with Crippen LogP contribution in [0.1, 0.15) is 18.6 Å². The maximum absolute atomic E-state index is 10.0. The van der Waals surface area contributed by atoms with Crippen molar-refractivity contribution in [1.82, 2.24) is 4.90 Å². The summed E-state index contributed by atoms with van der Waals surface area (Å²) in [4.78, 5) is 1.84. The van der Waals surface area contributed by atoms with Crippen LogP contribution in [0.4, 0.5) is 0 Å². The summed E-state index contributed by atoms with van der Waals surface area (Å²) in [6.45, 7) is 3.31. The molecular formula is C12H14Cl2N2O. The van der Waals surface area contributed by atoms with E-state index < -0.39 is 6.10 Å². The van der Waals surface area contributed by atoms with Gasteiger partial charge in [0.15, 0.2) is 0 Å². The largest absolute Gasteiger partial charge is 0.387 e. The summed E-state index contributed by atoms with van der Waals surface area (Å²) in [6, 6.07) is 7.05. The van der Waals surface area contributed by atoms with Crippen LogP contribution in [0.3, 0.4) is 0 Å². The molecule has 1 rings (SSSR count). The highest BCUT2D eigenvalue weighted by molar-refractivity contribution is 6.35. The number of hydrogen-bond acceptors (Lipinski definition) is 3. The predicted molar refractivity (Wildman–Crippen MR) is 69.1 cm³/mol. The number of nitrogens with zero attached hydrogens (tertiary/aromatic N) is 2. The van der Waals surface area contributed by atoms with E-state index >= 15 is 0 Å². The number of halogens is 2. The first-order chi connectivity index (χ1) is 8.08. The van der Waals surface area contributed by atoms with Gasteiger partial charge in [-0.25, -0.2) is 0 Å². The molecule has 0 bridgehead atoms. The van der Waals surface area contributed by atoms with Crippen molar-refractivity contribution in [2.24, 2.45) is 0 Å². The second kappa shape index (κ2) is 6.83. The van der Waals surface area contributed by atoms with Crippen LogP contribution in [0.15, 0.2) is 18.2 Å². The van der Waals surface area contributed by atoms with Crippen molar-refractivity contribution < 1.29 is 5.11 Å². The van der Waals surface area contributed by atoms with Gasteiger partial charge in [0.2, 0.25) is 0 Å². The van der Waals surface area contributed by atoms with Crippen molar-refractivity contribution in [3.8, 4) is 6.07 Å². The van der Waals surface area contributed by atoms with Gasteiger partial charge in [0.25, 0.3) is 0 Å². The molecule has 0 aliphatic heterocycles. The molecule has 0 aliphatic rings. The summed E-state index contributed by atoms with van der Waals surface area (Å²) in [6.07, 6.45) is -0.715. The average Bonchev–Trinajstić information content (AvgIpc) is 2.28. The number of rotatable bonds is 5. The van der Waals surface area contributed by atoms with E-state index in [1.165, 1.54) is 0 Å². The highest BCUT2D eigenvalue weighted by atomic mass is 35.5. The van der Waals surface area contributed by atoms with Crippen molar-refractivity contribution in [2.75, 3.05) is 19.6 Å². The number of aliphatic hydroxyl groups excluding tert-OH is 1. The van der Waals surface area contributed by atoms with E-state index in [9.17, 15) is 5.11 Å². The third-order valence-electron chi connectivity index (χ3n) is 2.49. The van der Waals surface area contributed by atoms with Crippen LogP contribution >= 0.6 is 23.2 Å². The van der Waals surface area contributed by atoms with Crippen molar-refractivity contribution in [3.05, 3.63) is 33.8 Å². The summed E-state index contributed by atoms with van der Waals surface area (Å²) in [5, 5.41) is 19.6. The van der Waals surface area contributed by atoms with Gasteiger partial charge in [0.1, 0.15) is 0 Å². The lowest BCUT2D eigenvalue weighted by Gasteiger charge is -2.21. The number of nitriles is 1. The van der Waals surface area contributed by atoms with Gasteiger partial charge in [-0.15, -0.1) is 0 Å². The first-order valence-corrected chi connectivity index (χ1v) is 6.06. The normalized spacial score (nSPS) is 12.5. The first kappa shape index (κ1) is 14.3. The molecule has 0 fully saturated rings. The molecule has 0 saturated heterocycles. The molecule has 3 nitrogen and oxygen atoms in total. The van der Waals surface area contributed by atoms with E-state index in [4.69, 9.17) is 28.5 Å². The molecule has 1 unspecified atom stereocenters. The third kappa shape index (κ3) is 4.18. The molecule has 1 aromatic rings. The summed E-state index contributed by atoms with van der Waals surface area (Å²) in [7, 11) is 0. The van der Waals surface area contributed by atoms with Gasteiger partial charge in [-0.2, -0.15) is 5.26 Å². The molecule has 0 saturated carbocycles. The molecule has 1 N–H and O–H groups in total. The lowest BCUT2D eigenvalue weighted by atomic mass is 10.1. The highest BCUT2D eigenvalue weighted by Crippen LogP contribution is 2.26. The van der Waals surface area contributed by atoms with E-state index in [1.807, 2.05) is 11.8 Å². The minimum atomic E-state index is -0.715. The zero-order valence-corrected chi connectivity index (χ0v) is 11.0. The van der Waals surface area contributed by atoms with E-state index in [-0.39, 0.29) is 0 Å². The fraction of sp³-hybridized carbons (Fsp3) is 0.417. The van der Waals surface area contributed by atoms with Crippen LogP contribution in [0.5, 0.6) is 0 Å². The molecule has 17 heavy (non-hydrogen) atoms. The summed E-state index contributed by atoms with van der Waals surface area (Å²) in [5.41, 5.74) is 0.632. The van der Waals surface area contributed by atoms with Crippen LogP contribution in [0.2, 0.25) is 10.0 Å². The van der Waals surface area contributed by atoms with E-state index in [2.05, 4.69) is 6.07 Å². The van der Waals surface area contributed by atoms with Crippen LogP contribution < -0.4 is 0 Å². The Morgan fingerprint density at radius 3 is 2.71 bits per heavy atom. The molecule has 0 aliphatic carbocycles. The van der Waals surface area contributed by atoms with Crippen LogP contribution in [-0.4, -0.2) is 29.6 Å². The molecule has 0 spiro atoms. The Hall–Kier alpha value is -0.790. The SMILES string of the molecule is CCN(CC#N)CC(O)c1ccc(Cl)cc1Cl. The first-order valence-electron chi connectivity index (χ1n) is 5.30. The molecule has 5 heteroatoms. The molecular weight excluding hydrogens is 259 g/mol. The zero-order valence-electron chi connectivity index (χ0n) is 9.53. The zero-order chi connectivity index (χ0) is 12.8. The third-order valence-corrected chi connectivity index (χ3v) is 3.06. The predicted octanol–water partition coefficient (Wildman–Crippen LogP) is 2.87. The second-order valence-electron chi connectivity index (χ2n) is 3.67. The van der Waals surface area contributed by atoms with Crippen LogP contribution in [0.25, 0.3) is 0 Å². The molecule has 0 radical (unpaired) electrons. The van der Waals surface area contributed by atoms with Gasteiger partial charge >= 0.3 is 0 Å². The van der Waals surface area contributed by atoms with E-state index in [0.717, 1.165) is 0 Å². The Bertz CT molecular complexity index is 417. The van der Waals surface area contributed by atoms with E-state index in [0.29, 0.717) is 35.2 Å². The van der Waals surface area contributed by atoms with Crippen molar-refractivity contribution >= 4 is 23.2 Å². The molecule has 1 aromatic carbocycles. The Balaban J connectivity index is 2.75. The van der Waals surface area contributed by atoms with Gasteiger partial charge < -0.3 is 5.11 Å². The molecule has 92 valence electrons. The molecule has 0 amide bonds. The number of likely N-dealkylation sites (N-methyl/N-ethyl adjacent to an activating group) is 1. The molecule has 0 heterocycles. The lowest BCUT2D eigenvalue weighted by molar-refractivity contribution is 0.123. The Labute approximate surface area is 111 Å².